The van der Waals surface area contributed by atoms with Gasteiger partial charge in [-0.1, -0.05) is 18.2 Å². The van der Waals surface area contributed by atoms with Crippen LogP contribution in [0.2, 0.25) is 0 Å². The molecular formula is C23H21N3O3. The van der Waals surface area contributed by atoms with E-state index in [2.05, 4.69) is 15.3 Å². The maximum Gasteiger partial charge on any atom is 0.255 e. The first-order valence-electron chi connectivity index (χ1n) is 9.75. The van der Waals surface area contributed by atoms with Gasteiger partial charge in [-0.3, -0.25) is 9.59 Å². The molecule has 0 bridgehead atoms. The Bertz CT molecular complexity index is 1300. The van der Waals surface area contributed by atoms with Crippen LogP contribution in [0, 0.1) is 0 Å². The predicted octanol–water partition coefficient (Wildman–Crippen LogP) is 3.83. The zero-order chi connectivity index (χ0) is 20.0. The number of hydrogen-bond acceptors (Lipinski definition) is 3. The van der Waals surface area contributed by atoms with Crippen molar-refractivity contribution in [2.75, 3.05) is 7.11 Å². The molecule has 5 rings (SSSR count). The molecule has 4 aromatic rings. The van der Waals surface area contributed by atoms with E-state index in [4.69, 9.17) is 4.74 Å². The van der Waals surface area contributed by atoms with Crippen molar-refractivity contribution >= 4 is 27.6 Å². The first-order chi connectivity index (χ1) is 14.2. The number of methoxy groups -OCH3 is 1. The lowest BCUT2D eigenvalue weighted by Gasteiger charge is -2.24. The van der Waals surface area contributed by atoms with Crippen LogP contribution in [0.15, 0.2) is 53.5 Å². The molecule has 0 fully saturated rings. The quantitative estimate of drug-likeness (QED) is 0.499. The highest BCUT2D eigenvalue weighted by Gasteiger charge is 2.26. The lowest BCUT2D eigenvalue weighted by Crippen LogP contribution is -2.31. The molecule has 1 unspecified atom stereocenters. The van der Waals surface area contributed by atoms with E-state index in [0.717, 1.165) is 41.6 Å². The zero-order valence-electron chi connectivity index (χ0n) is 16.0. The smallest absolute Gasteiger partial charge is 0.255 e. The van der Waals surface area contributed by atoms with Gasteiger partial charge in [-0.05, 0) is 49.1 Å². The van der Waals surface area contributed by atoms with Crippen LogP contribution in [-0.2, 0) is 6.42 Å². The number of amides is 1. The van der Waals surface area contributed by atoms with E-state index in [1.165, 1.54) is 11.8 Å². The standard InChI is InChI=1S/C23H21N3O3/c1-29-13-9-10-19-17(11-13)15-7-4-8-20(21(15)25-19)26-23(28)18-12-24-22(27)16-6-3-2-5-14(16)18/h2-3,5-6,9-12,20,25H,4,7-8H2,1H3,(H,24,27)(H,26,28). The van der Waals surface area contributed by atoms with Crippen molar-refractivity contribution < 1.29 is 9.53 Å². The van der Waals surface area contributed by atoms with E-state index in [0.29, 0.717) is 16.3 Å². The van der Waals surface area contributed by atoms with Gasteiger partial charge in [-0.2, -0.15) is 0 Å². The fraction of sp³-hybridized carbons (Fsp3) is 0.217. The summed E-state index contributed by atoms with van der Waals surface area (Å²) in [6, 6.07) is 13.1. The predicted molar refractivity (Wildman–Crippen MR) is 113 cm³/mol. The minimum atomic E-state index is -0.193. The number of nitrogens with one attached hydrogen (secondary N) is 3. The van der Waals surface area contributed by atoms with Gasteiger partial charge in [0.15, 0.2) is 0 Å². The van der Waals surface area contributed by atoms with Crippen molar-refractivity contribution in [3.05, 3.63) is 75.8 Å². The maximum atomic E-state index is 13.1. The minimum Gasteiger partial charge on any atom is -0.497 e. The van der Waals surface area contributed by atoms with Crippen molar-refractivity contribution in [2.45, 2.75) is 25.3 Å². The molecule has 1 amide bonds. The molecule has 6 heteroatoms. The van der Waals surface area contributed by atoms with Crippen molar-refractivity contribution in [2.24, 2.45) is 0 Å². The van der Waals surface area contributed by atoms with E-state index in [1.807, 2.05) is 24.3 Å². The monoisotopic (exact) mass is 387 g/mol. The van der Waals surface area contributed by atoms with Gasteiger partial charge >= 0.3 is 0 Å². The average molecular weight is 387 g/mol. The molecule has 29 heavy (non-hydrogen) atoms. The van der Waals surface area contributed by atoms with Crippen LogP contribution in [0.4, 0.5) is 0 Å². The van der Waals surface area contributed by atoms with Crippen LogP contribution < -0.4 is 15.6 Å². The SMILES string of the molecule is COc1ccc2[nH]c3c(c2c1)CCCC3NC(=O)c1c[nH]c(=O)c2ccccc12. The number of carbonyl (C=O) groups excluding carboxylic acids is 1. The molecule has 0 saturated carbocycles. The van der Waals surface area contributed by atoms with E-state index < -0.39 is 0 Å². The third kappa shape index (κ3) is 2.88. The van der Waals surface area contributed by atoms with Gasteiger partial charge in [-0.25, -0.2) is 0 Å². The number of hydrogen-bond donors (Lipinski definition) is 3. The second-order valence-electron chi connectivity index (χ2n) is 7.42. The normalized spacial score (nSPS) is 16.0. The summed E-state index contributed by atoms with van der Waals surface area (Å²) >= 11 is 0. The molecule has 146 valence electrons. The van der Waals surface area contributed by atoms with Gasteiger partial charge < -0.3 is 20.0 Å². The zero-order valence-corrected chi connectivity index (χ0v) is 16.0. The topological polar surface area (TPSA) is 87.0 Å². The largest absolute Gasteiger partial charge is 0.497 e. The number of benzene rings is 2. The van der Waals surface area contributed by atoms with Crippen LogP contribution in [0.25, 0.3) is 21.7 Å². The molecule has 6 nitrogen and oxygen atoms in total. The summed E-state index contributed by atoms with van der Waals surface area (Å²) in [6.07, 6.45) is 4.33. The second-order valence-corrected chi connectivity index (χ2v) is 7.42. The summed E-state index contributed by atoms with van der Waals surface area (Å²) in [7, 11) is 1.66. The summed E-state index contributed by atoms with van der Waals surface area (Å²) in [6.45, 7) is 0. The fourth-order valence-electron chi connectivity index (χ4n) is 4.35. The summed E-state index contributed by atoms with van der Waals surface area (Å²) in [5, 5.41) is 5.49. The molecule has 2 heterocycles. The molecule has 0 spiro atoms. The highest BCUT2D eigenvalue weighted by molar-refractivity contribution is 6.06. The molecule has 2 aromatic carbocycles. The molecule has 3 N–H and O–H groups in total. The van der Waals surface area contributed by atoms with Crippen molar-refractivity contribution in [3.8, 4) is 5.75 Å². The lowest BCUT2D eigenvalue weighted by atomic mass is 9.91. The Hall–Kier alpha value is -3.54. The first-order valence-corrected chi connectivity index (χ1v) is 9.75. The average Bonchev–Trinajstić information content (AvgIpc) is 3.13. The van der Waals surface area contributed by atoms with Crippen molar-refractivity contribution in [1.82, 2.24) is 15.3 Å². The van der Waals surface area contributed by atoms with E-state index in [9.17, 15) is 9.59 Å². The number of rotatable bonds is 3. The van der Waals surface area contributed by atoms with E-state index in [1.54, 1.807) is 25.3 Å². The summed E-state index contributed by atoms with van der Waals surface area (Å²) in [5.41, 5.74) is 3.63. The van der Waals surface area contributed by atoms with Gasteiger partial charge in [0.25, 0.3) is 11.5 Å². The third-order valence-corrected chi connectivity index (χ3v) is 5.77. The van der Waals surface area contributed by atoms with Crippen LogP contribution >= 0.6 is 0 Å². The van der Waals surface area contributed by atoms with Crippen LogP contribution in [0.1, 0.15) is 40.5 Å². The number of ether oxygens (including phenoxy) is 1. The molecule has 2 aromatic heterocycles. The molecule has 1 atom stereocenters. The number of aromatic amines is 2. The van der Waals surface area contributed by atoms with Crippen molar-refractivity contribution in [1.29, 1.82) is 0 Å². The third-order valence-electron chi connectivity index (χ3n) is 5.77. The highest BCUT2D eigenvalue weighted by Crippen LogP contribution is 2.36. The van der Waals surface area contributed by atoms with E-state index >= 15 is 0 Å². The van der Waals surface area contributed by atoms with Crippen molar-refractivity contribution in [3.63, 3.8) is 0 Å². The number of aromatic nitrogens is 2. The summed E-state index contributed by atoms with van der Waals surface area (Å²) in [5.74, 6) is 0.636. The molecule has 0 radical (unpaired) electrons. The van der Waals surface area contributed by atoms with Crippen LogP contribution in [-0.4, -0.2) is 23.0 Å². The Labute approximate surface area is 166 Å². The van der Waals surface area contributed by atoms with Gasteiger partial charge in [-0.15, -0.1) is 0 Å². The summed E-state index contributed by atoms with van der Waals surface area (Å²) in [4.78, 5) is 31.3. The molecule has 0 aliphatic heterocycles. The van der Waals surface area contributed by atoms with Gasteiger partial charge in [0.2, 0.25) is 0 Å². The lowest BCUT2D eigenvalue weighted by molar-refractivity contribution is 0.0933. The van der Waals surface area contributed by atoms with Gasteiger partial charge in [0.1, 0.15) is 5.75 Å². The number of pyridine rings is 1. The van der Waals surface area contributed by atoms with Gasteiger partial charge in [0, 0.05) is 33.6 Å². The molecule has 1 aliphatic rings. The number of fused-ring (bicyclic) bond motifs is 4. The summed E-state index contributed by atoms with van der Waals surface area (Å²) < 4.78 is 5.37. The number of aryl methyl sites for hydroxylation is 1. The fourth-order valence-corrected chi connectivity index (χ4v) is 4.35. The second kappa shape index (κ2) is 6.81. The minimum absolute atomic E-state index is 0.102. The molecular weight excluding hydrogens is 366 g/mol. The van der Waals surface area contributed by atoms with E-state index in [-0.39, 0.29) is 17.5 Å². The highest BCUT2D eigenvalue weighted by atomic mass is 16.5. The first kappa shape index (κ1) is 17.6. The van der Waals surface area contributed by atoms with Crippen LogP contribution in [0.3, 0.4) is 0 Å². The number of H-pyrrole nitrogens is 2. The number of carbonyl (C=O) groups is 1. The Balaban J connectivity index is 1.52. The van der Waals surface area contributed by atoms with Crippen LogP contribution in [0.5, 0.6) is 5.75 Å². The Morgan fingerprint density at radius 3 is 2.79 bits per heavy atom. The molecule has 0 saturated heterocycles. The Morgan fingerprint density at radius 1 is 1.14 bits per heavy atom. The molecule has 1 aliphatic carbocycles. The Morgan fingerprint density at radius 2 is 1.97 bits per heavy atom. The Kier molecular flexibility index (Phi) is 4.12. The van der Waals surface area contributed by atoms with Gasteiger partial charge in [0.05, 0.1) is 18.7 Å². The maximum absolute atomic E-state index is 13.1.